The van der Waals surface area contributed by atoms with Crippen molar-refractivity contribution in [1.29, 1.82) is 0 Å². The van der Waals surface area contributed by atoms with E-state index < -0.39 is 0 Å². The third-order valence-electron chi connectivity index (χ3n) is 3.32. The van der Waals surface area contributed by atoms with Crippen LogP contribution in [0, 0.1) is 0 Å². The zero-order valence-electron chi connectivity index (χ0n) is 11.2. The van der Waals surface area contributed by atoms with Crippen LogP contribution in [0.3, 0.4) is 0 Å². The van der Waals surface area contributed by atoms with E-state index in [0.717, 1.165) is 10.9 Å². The Kier molecular flexibility index (Phi) is 3.62. The fourth-order valence-electron chi connectivity index (χ4n) is 2.31. The molecule has 0 fully saturated rings. The molecule has 1 aromatic heterocycles. The molecule has 0 aliphatic carbocycles. The van der Waals surface area contributed by atoms with Crippen LogP contribution in [0.1, 0.15) is 10.4 Å². The zero-order chi connectivity index (χ0) is 15.0. The molecule has 3 rings (SSSR count). The summed E-state index contributed by atoms with van der Waals surface area (Å²) in [6, 6.07) is 12.7. The molecular formula is C16H12Cl2N2O. The van der Waals surface area contributed by atoms with Crippen molar-refractivity contribution in [3.05, 3.63) is 64.3 Å². The molecule has 0 aliphatic heterocycles. The highest BCUT2D eigenvalue weighted by atomic mass is 35.5. The Hall–Kier alpha value is -1.97. The van der Waals surface area contributed by atoms with E-state index in [4.69, 9.17) is 23.2 Å². The van der Waals surface area contributed by atoms with Crippen LogP contribution in [0.15, 0.2) is 48.7 Å². The molecule has 21 heavy (non-hydrogen) atoms. The first-order valence-corrected chi connectivity index (χ1v) is 7.12. The van der Waals surface area contributed by atoms with Crippen molar-refractivity contribution >= 4 is 45.7 Å². The number of carbonyl (C=O) groups excluding carboxylic acids is 1. The van der Waals surface area contributed by atoms with Gasteiger partial charge in [-0.3, -0.25) is 4.79 Å². The monoisotopic (exact) mass is 318 g/mol. The number of benzene rings is 2. The maximum atomic E-state index is 12.5. The molecule has 3 nitrogen and oxygen atoms in total. The van der Waals surface area contributed by atoms with Crippen LogP contribution < -0.4 is 5.32 Å². The topological polar surface area (TPSA) is 34.0 Å². The molecule has 0 unspecified atom stereocenters. The van der Waals surface area contributed by atoms with Crippen LogP contribution in [-0.4, -0.2) is 10.5 Å². The number of halogens is 2. The van der Waals surface area contributed by atoms with Crippen LogP contribution in [-0.2, 0) is 7.05 Å². The van der Waals surface area contributed by atoms with Crippen molar-refractivity contribution in [1.82, 2.24) is 4.57 Å². The highest BCUT2D eigenvalue weighted by Crippen LogP contribution is 2.27. The van der Waals surface area contributed by atoms with Crippen molar-refractivity contribution in [3.63, 3.8) is 0 Å². The van der Waals surface area contributed by atoms with Gasteiger partial charge in [0.05, 0.1) is 16.3 Å². The Bertz CT molecular complexity index is 839. The molecule has 0 radical (unpaired) electrons. The van der Waals surface area contributed by atoms with E-state index in [1.807, 2.05) is 35.9 Å². The number of rotatable bonds is 2. The summed E-state index contributed by atoms with van der Waals surface area (Å²) in [6.07, 6.45) is 1.80. The summed E-state index contributed by atoms with van der Waals surface area (Å²) in [6.45, 7) is 0. The number of carbonyl (C=O) groups is 1. The molecular weight excluding hydrogens is 307 g/mol. The number of fused-ring (bicyclic) bond motifs is 1. The van der Waals surface area contributed by atoms with Gasteiger partial charge in [-0.25, -0.2) is 0 Å². The molecule has 3 aromatic rings. The average Bonchev–Trinajstić information content (AvgIpc) is 2.81. The molecule has 0 saturated heterocycles. The fraction of sp³-hybridized carbons (Fsp3) is 0.0625. The van der Waals surface area contributed by atoms with Gasteiger partial charge in [-0.15, -0.1) is 0 Å². The minimum Gasteiger partial charge on any atom is -0.350 e. The van der Waals surface area contributed by atoms with Crippen LogP contribution in [0.5, 0.6) is 0 Å². The van der Waals surface area contributed by atoms with Gasteiger partial charge in [0.1, 0.15) is 0 Å². The summed E-state index contributed by atoms with van der Waals surface area (Å²) < 4.78 is 1.92. The van der Waals surface area contributed by atoms with Gasteiger partial charge in [-0.05, 0) is 24.3 Å². The average molecular weight is 319 g/mol. The molecule has 0 atom stereocenters. The first-order chi connectivity index (χ1) is 10.1. The number of anilines is 1. The first-order valence-electron chi connectivity index (χ1n) is 6.37. The van der Waals surface area contributed by atoms with Gasteiger partial charge in [0.15, 0.2) is 0 Å². The summed E-state index contributed by atoms with van der Waals surface area (Å²) in [5.41, 5.74) is 2.10. The summed E-state index contributed by atoms with van der Waals surface area (Å²) in [5, 5.41) is 4.68. The summed E-state index contributed by atoms with van der Waals surface area (Å²) in [5.74, 6) is -0.212. The third-order valence-corrected chi connectivity index (χ3v) is 3.88. The molecule has 0 bridgehead atoms. The Labute approximate surface area is 132 Å². The second-order valence-corrected chi connectivity index (χ2v) is 5.59. The Morgan fingerprint density at radius 3 is 2.71 bits per heavy atom. The van der Waals surface area contributed by atoms with Crippen molar-refractivity contribution in [2.75, 3.05) is 5.32 Å². The molecule has 1 N–H and O–H groups in total. The maximum Gasteiger partial charge on any atom is 0.257 e. The lowest BCUT2D eigenvalue weighted by Crippen LogP contribution is -2.11. The quantitative estimate of drug-likeness (QED) is 0.727. The van der Waals surface area contributed by atoms with E-state index >= 15 is 0 Å². The lowest BCUT2D eigenvalue weighted by molar-refractivity contribution is 0.102. The lowest BCUT2D eigenvalue weighted by Gasteiger charge is -2.07. The SMILES string of the molecule is Cn1cc(C(=O)Nc2cc(Cl)ccc2Cl)c2ccccc21. The van der Waals surface area contributed by atoms with Crippen LogP contribution in [0.25, 0.3) is 10.9 Å². The molecule has 106 valence electrons. The van der Waals surface area contributed by atoms with E-state index in [1.54, 1.807) is 24.4 Å². The van der Waals surface area contributed by atoms with Crippen molar-refractivity contribution in [3.8, 4) is 0 Å². The van der Waals surface area contributed by atoms with Gasteiger partial charge in [-0.2, -0.15) is 0 Å². The van der Waals surface area contributed by atoms with Gasteiger partial charge >= 0.3 is 0 Å². The molecule has 2 aromatic carbocycles. The number of amides is 1. The Morgan fingerprint density at radius 2 is 1.90 bits per heavy atom. The smallest absolute Gasteiger partial charge is 0.257 e. The number of aryl methyl sites for hydroxylation is 1. The number of nitrogens with one attached hydrogen (secondary N) is 1. The number of aromatic nitrogens is 1. The molecule has 1 amide bonds. The molecule has 1 heterocycles. The predicted octanol–water partition coefficient (Wildman–Crippen LogP) is 4.74. The highest BCUT2D eigenvalue weighted by molar-refractivity contribution is 6.36. The number of hydrogen-bond donors (Lipinski definition) is 1. The summed E-state index contributed by atoms with van der Waals surface area (Å²) in [7, 11) is 1.91. The Morgan fingerprint density at radius 1 is 1.14 bits per heavy atom. The van der Waals surface area contributed by atoms with Gasteiger partial charge in [-0.1, -0.05) is 41.4 Å². The van der Waals surface area contributed by atoms with Gasteiger partial charge in [0, 0.05) is 29.2 Å². The molecule has 0 spiro atoms. The van der Waals surface area contributed by atoms with Gasteiger partial charge in [0.2, 0.25) is 0 Å². The second kappa shape index (κ2) is 5.43. The maximum absolute atomic E-state index is 12.5. The summed E-state index contributed by atoms with van der Waals surface area (Å²) >= 11 is 12.0. The standard InChI is InChI=1S/C16H12Cl2N2O/c1-20-9-12(11-4-2-3-5-15(11)20)16(21)19-14-8-10(17)6-7-13(14)18/h2-9H,1H3,(H,19,21). The van der Waals surface area contributed by atoms with E-state index in [9.17, 15) is 4.79 Å². The lowest BCUT2D eigenvalue weighted by atomic mass is 10.1. The third kappa shape index (κ3) is 2.62. The minimum atomic E-state index is -0.212. The van der Waals surface area contributed by atoms with Crippen molar-refractivity contribution in [2.24, 2.45) is 7.05 Å². The molecule has 5 heteroatoms. The van der Waals surface area contributed by atoms with Crippen LogP contribution in [0.4, 0.5) is 5.69 Å². The number of hydrogen-bond acceptors (Lipinski definition) is 1. The molecule has 0 aliphatic rings. The van der Waals surface area contributed by atoms with Crippen LogP contribution in [0.2, 0.25) is 10.0 Å². The van der Waals surface area contributed by atoms with Gasteiger partial charge < -0.3 is 9.88 Å². The van der Waals surface area contributed by atoms with Crippen molar-refractivity contribution < 1.29 is 4.79 Å². The predicted molar refractivity (Wildman–Crippen MR) is 87.3 cm³/mol. The number of nitrogens with zero attached hydrogens (tertiary/aromatic N) is 1. The summed E-state index contributed by atoms with van der Waals surface area (Å²) in [4.78, 5) is 12.5. The zero-order valence-corrected chi connectivity index (χ0v) is 12.7. The minimum absolute atomic E-state index is 0.212. The van der Waals surface area contributed by atoms with Crippen molar-refractivity contribution in [2.45, 2.75) is 0 Å². The second-order valence-electron chi connectivity index (χ2n) is 4.75. The normalized spacial score (nSPS) is 10.8. The van der Waals surface area contributed by atoms with E-state index in [0.29, 0.717) is 21.3 Å². The van der Waals surface area contributed by atoms with E-state index in [-0.39, 0.29) is 5.91 Å². The highest BCUT2D eigenvalue weighted by Gasteiger charge is 2.15. The number of para-hydroxylation sites is 1. The van der Waals surface area contributed by atoms with Gasteiger partial charge in [0.25, 0.3) is 5.91 Å². The van der Waals surface area contributed by atoms with E-state index in [1.165, 1.54) is 0 Å². The first kappa shape index (κ1) is 14.0. The van der Waals surface area contributed by atoms with Crippen LogP contribution >= 0.6 is 23.2 Å². The Balaban J connectivity index is 2.00. The fourth-order valence-corrected chi connectivity index (χ4v) is 2.64. The molecule has 0 saturated carbocycles. The largest absolute Gasteiger partial charge is 0.350 e. The van der Waals surface area contributed by atoms with E-state index in [2.05, 4.69) is 5.32 Å².